The zero-order valence-corrected chi connectivity index (χ0v) is 13.6. The van der Waals surface area contributed by atoms with Gasteiger partial charge in [-0.25, -0.2) is 0 Å². The second kappa shape index (κ2) is 4.65. The summed E-state index contributed by atoms with van der Waals surface area (Å²) < 4.78 is 38.2. The van der Waals surface area contributed by atoms with Gasteiger partial charge in [0.1, 0.15) is 0 Å². The molecule has 0 aliphatic heterocycles. The van der Waals surface area contributed by atoms with Gasteiger partial charge < -0.3 is 5.32 Å². The molecule has 1 aromatic rings. The molecular formula is C15H19BrF3N. The first kappa shape index (κ1) is 15.7. The molecule has 5 heteroatoms. The zero-order chi connectivity index (χ0) is 15.3. The lowest BCUT2D eigenvalue weighted by atomic mass is 10.0. The van der Waals surface area contributed by atoms with E-state index in [2.05, 4.69) is 48.9 Å². The molecule has 0 atom stereocenters. The summed E-state index contributed by atoms with van der Waals surface area (Å²) in [5.41, 5.74) is 0.593. The number of hydrogen-bond donors (Lipinski definition) is 1. The topological polar surface area (TPSA) is 12.0 Å². The average molecular weight is 350 g/mol. The normalized spacial score (nSPS) is 20.8. The summed E-state index contributed by atoms with van der Waals surface area (Å²) in [5, 5.41) is 3.25. The van der Waals surface area contributed by atoms with E-state index in [0.717, 1.165) is 18.7 Å². The van der Waals surface area contributed by atoms with E-state index in [4.69, 9.17) is 0 Å². The molecule has 1 nitrogen and oxygen atoms in total. The van der Waals surface area contributed by atoms with E-state index in [1.54, 1.807) is 0 Å². The van der Waals surface area contributed by atoms with Crippen LogP contribution in [0.2, 0.25) is 0 Å². The van der Waals surface area contributed by atoms with Gasteiger partial charge in [-0.2, -0.15) is 13.2 Å². The standard InChI is InChI=1S/C15H19BrF3N/c1-13(2)12(14(13,3)4)8-20-11-6-5-9(7-10(11)16)15(17,18)19/h5-7,12,20H,8H2,1-4H3. The number of alkyl halides is 3. The van der Waals surface area contributed by atoms with Crippen LogP contribution >= 0.6 is 15.9 Å². The maximum Gasteiger partial charge on any atom is 0.416 e. The van der Waals surface area contributed by atoms with Crippen LogP contribution in [-0.4, -0.2) is 6.54 Å². The lowest BCUT2D eigenvalue weighted by molar-refractivity contribution is -0.137. The second-order valence-corrected chi connectivity index (χ2v) is 7.42. The third-order valence-corrected chi connectivity index (χ3v) is 5.77. The van der Waals surface area contributed by atoms with Crippen molar-refractivity contribution in [1.82, 2.24) is 0 Å². The fourth-order valence-electron chi connectivity index (χ4n) is 2.89. The molecule has 1 saturated carbocycles. The summed E-state index contributed by atoms with van der Waals surface area (Å²) in [4.78, 5) is 0. The Morgan fingerprint density at radius 3 is 2.10 bits per heavy atom. The number of nitrogens with one attached hydrogen (secondary N) is 1. The molecule has 0 aromatic heterocycles. The maximum absolute atomic E-state index is 12.6. The first-order valence-corrected chi connectivity index (χ1v) is 7.38. The summed E-state index contributed by atoms with van der Waals surface area (Å²) in [6, 6.07) is 3.71. The highest BCUT2D eigenvalue weighted by atomic mass is 79.9. The van der Waals surface area contributed by atoms with Gasteiger partial charge in [-0.05, 0) is 50.9 Å². The highest BCUT2D eigenvalue weighted by Crippen LogP contribution is 2.68. The van der Waals surface area contributed by atoms with E-state index < -0.39 is 11.7 Å². The Morgan fingerprint density at radius 1 is 1.15 bits per heavy atom. The molecular weight excluding hydrogens is 331 g/mol. The molecule has 0 radical (unpaired) electrons. The first-order valence-electron chi connectivity index (χ1n) is 6.58. The van der Waals surface area contributed by atoms with E-state index in [9.17, 15) is 13.2 Å². The van der Waals surface area contributed by atoms with Crippen molar-refractivity contribution in [1.29, 1.82) is 0 Å². The van der Waals surface area contributed by atoms with Gasteiger partial charge in [-0.1, -0.05) is 27.7 Å². The molecule has 0 bridgehead atoms. The van der Waals surface area contributed by atoms with Crippen molar-refractivity contribution in [3.8, 4) is 0 Å². The molecule has 0 saturated heterocycles. The molecule has 1 fully saturated rings. The molecule has 0 unspecified atom stereocenters. The van der Waals surface area contributed by atoms with Crippen LogP contribution in [0.4, 0.5) is 18.9 Å². The minimum atomic E-state index is -4.30. The maximum atomic E-state index is 12.6. The summed E-state index contributed by atoms with van der Waals surface area (Å²) in [6.07, 6.45) is -4.30. The minimum Gasteiger partial charge on any atom is -0.384 e. The number of rotatable bonds is 3. The van der Waals surface area contributed by atoms with E-state index in [1.807, 2.05) is 0 Å². The number of benzene rings is 1. The highest BCUT2D eigenvalue weighted by Gasteiger charge is 2.64. The molecule has 1 aliphatic rings. The smallest absolute Gasteiger partial charge is 0.384 e. The van der Waals surface area contributed by atoms with Crippen LogP contribution in [-0.2, 0) is 6.18 Å². The molecule has 20 heavy (non-hydrogen) atoms. The Kier molecular flexibility index (Phi) is 3.64. The Morgan fingerprint density at radius 2 is 1.70 bits per heavy atom. The Bertz CT molecular complexity index is 506. The van der Waals surface area contributed by atoms with Crippen molar-refractivity contribution in [2.75, 3.05) is 11.9 Å². The highest BCUT2D eigenvalue weighted by molar-refractivity contribution is 9.10. The van der Waals surface area contributed by atoms with E-state index in [0.29, 0.717) is 16.1 Å². The van der Waals surface area contributed by atoms with E-state index >= 15 is 0 Å². The van der Waals surface area contributed by atoms with Gasteiger partial charge in [-0.3, -0.25) is 0 Å². The van der Waals surface area contributed by atoms with Gasteiger partial charge in [0.05, 0.1) is 5.56 Å². The summed E-state index contributed by atoms with van der Waals surface area (Å²) in [6.45, 7) is 9.66. The summed E-state index contributed by atoms with van der Waals surface area (Å²) >= 11 is 3.20. The van der Waals surface area contributed by atoms with Gasteiger partial charge >= 0.3 is 6.18 Å². The zero-order valence-electron chi connectivity index (χ0n) is 12.0. The fraction of sp³-hybridized carbons (Fsp3) is 0.600. The Balaban J connectivity index is 2.06. The number of anilines is 1. The van der Waals surface area contributed by atoms with Crippen LogP contribution in [0.25, 0.3) is 0 Å². The Hall–Kier alpha value is -0.710. The van der Waals surface area contributed by atoms with E-state index in [-0.39, 0.29) is 10.8 Å². The molecule has 0 heterocycles. The Labute approximate surface area is 126 Å². The molecule has 0 amide bonds. The van der Waals surface area contributed by atoms with Crippen molar-refractivity contribution in [3.05, 3.63) is 28.2 Å². The predicted octanol–water partition coefficient (Wildman–Crippen LogP) is 5.56. The first-order chi connectivity index (χ1) is 8.98. The molecule has 1 N–H and O–H groups in total. The van der Waals surface area contributed by atoms with Crippen LogP contribution < -0.4 is 5.32 Å². The second-order valence-electron chi connectivity index (χ2n) is 6.57. The monoisotopic (exact) mass is 349 g/mol. The van der Waals surface area contributed by atoms with Gasteiger partial charge in [0.25, 0.3) is 0 Å². The fourth-order valence-corrected chi connectivity index (χ4v) is 3.41. The third kappa shape index (κ3) is 2.57. The van der Waals surface area contributed by atoms with Crippen LogP contribution in [0.1, 0.15) is 33.3 Å². The van der Waals surface area contributed by atoms with Crippen LogP contribution in [0.5, 0.6) is 0 Å². The number of hydrogen-bond acceptors (Lipinski definition) is 1. The quantitative estimate of drug-likeness (QED) is 0.752. The molecule has 1 aromatic carbocycles. The van der Waals surface area contributed by atoms with Gasteiger partial charge in [0.2, 0.25) is 0 Å². The van der Waals surface area contributed by atoms with Gasteiger partial charge in [0.15, 0.2) is 0 Å². The van der Waals surface area contributed by atoms with Crippen molar-refractivity contribution >= 4 is 21.6 Å². The third-order valence-electron chi connectivity index (χ3n) is 5.11. The van der Waals surface area contributed by atoms with Crippen LogP contribution in [0.15, 0.2) is 22.7 Å². The molecule has 0 spiro atoms. The lowest BCUT2D eigenvalue weighted by Gasteiger charge is -2.12. The van der Waals surface area contributed by atoms with Crippen LogP contribution in [0.3, 0.4) is 0 Å². The van der Waals surface area contributed by atoms with Gasteiger partial charge in [0, 0.05) is 16.7 Å². The van der Waals surface area contributed by atoms with Crippen molar-refractivity contribution in [2.24, 2.45) is 16.7 Å². The largest absolute Gasteiger partial charge is 0.416 e. The summed E-state index contributed by atoms with van der Waals surface area (Å²) in [5.74, 6) is 0.518. The van der Waals surface area contributed by atoms with Crippen molar-refractivity contribution < 1.29 is 13.2 Å². The number of halogens is 4. The van der Waals surface area contributed by atoms with Crippen LogP contribution in [0, 0.1) is 16.7 Å². The van der Waals surface area contributed by atoms with E-state index in [1.165, 1.54) is 6.07 Å². The van der Waals surface area contributed by atoms with Gasteiger partial charge in [-0.15, -0.1) is 0 Å². The predicted molar refractivity (Wildman–Crippen MR) is 78.7 cm³/mol. The SMILES string of the molecule is CC1(C)C(CNc2ccc(C(F)(F)F)cc2Br)C1(C)C. The summed E-state index contributed by atoms with van der Waals surface area (Å²) in [7, 11) is 0. The van der Waals surface area contributed by atoms with Crippen molar-refractivity contribution in [2.45, 2.75) is 33.9 Å². The molecule has 2 rings (SSSR count). The molecule has 1 aliphatic carbocycles. The average Bonchev–Trinajstić information content (AvgIpc) is 2.67. The van der Waals surface area contributed by atoms with Crippen molar-refractivity contribution in [3.63, 3.8) is 0 Å². The lowest BCUT2D eigenvalue weighted by Crippen LogP contribution is -2.10. The minimum absolute atomic E-state index is 0.262. The molecule has 112 valence electrons.